The molecule has 154 valence electrons. The van der Waals surface area contributed by atoms with E-state index in [1.165, 1.54) is 0 Å². The summed E-state index contributed by atoms with van der Waals surface area (Å²) < 4.78 is 56.4. The van der Waals surface area contributed by atoms with Gasteiger partial charge in [0.25, 0.3) is 5.91 Å². The van der Waals surface area contributed by atoms with Crippen molar-refractivity contribution in [2.75, 3.05) is 0 Å². The van der Waals surface area contributed by atoms with Crippen LogP contribution in [0, 0.1) is 5.82 Å². The van der Waals surface area contributed by atoms with Crippen molar-refractivity contribution in [3.63, 3.8) is 0 Å². The fourth-order valence-electron chi connectivity index (χ4n) is 2.97. The first-order valence-electron chi connectivity index (χ1n) is 9.09. The first-order valence-corrected chi connectivity index (χ1v) is 9.09. The zero-order valence-corrected chi connectivity index (χ0v) is 16.7. The van der Waals surface area contributed by atoms with E-state index in [1.807, 2.05) is 39.4 Å². The smallest absolute Gasteiger partial charge is 0.291 e. The lowest BCUT2D eigenvalue weighted by molar-refractivity contribution is -0.137. The van der Waals surface area contributed by atoms with Crippen LogP contribution in [-0.4, -0.2) is 15.3 Å². The first kappa shape index (κ1) is 21.9. The van der Waals surface area contributed by atoms with Gasteiger partial charge in [-0.25, -0.2) is 4.39 Å². The van der Waals surface area contributed by atoms with Crippen molar-refractivity contribution in [2.45, 2.75) is 58.7 Å². The quantitative estimate of drug-likeness (QED) is 0.679. The van der Waals surface area contributed by atoms with Gasteiger partial charge >= 0.3 is 6.18 Å². The largest absolute Gasteiger partial charge is 0.416 e. The second-order valence-electron chi connectivity index (χ2n) is 7.75. The number of carbonyl (C=O) groups excluding carboxylic acids is 1. The van der Waals surface area contributed by atoms with Gasteiger partial charge in [-0.1, -0.05) is 34.1 Å². The fraction of sp³-hybridized carbons (Fsp3) is 0.500. The highest BCUT2D eigenvalue weighted by Crippen LogP contribution is 2.30. The lowest BCUT2D eigenvalue weighted by Crippen LogP contribution is -2.25. The summed E-state index contributed by atoms with van der Waals surface area (Å²) in [7, 11) is 1.84. The lowest BCUT2D eigenvalue weighted by Gasteiger charge is -2.20. The normalized spacial score (nSPS) is 13.2. The molecule has 0 aliphatic carbocycles. The second-order valence-corrected chi connectivity index (χ2v) is 7.75. The van der Waals surface area contributed by atoms with E-state index in [-0.39, 0.29) is 5.41 Å². The molecule has 2 aromatic rings. The first-order chi connectivity index (χ1) is 12.9. The number of nitrogens with zero attached hydrogens (tertiary/aromatic N) is 3. The van der Waals surface area contributed by atoms with E-state index in [0.717, 1.165) is 18.5 Å². The van der Waals surface area contributed by atoms with Crippen molar-refractivity contribution < 1.29 is 22.4 Å². The van der Waals surface area contributed by atoms with Gasteiger partial charge in [-0.3, -0.25) is 14.2 Å². The number of unbranched alkanes of at least 4 members (excludes halogenated alkanes) is 1. The Bertz CT molecular complexity index is 930. The highest BCUT2D eigenvalue weighted by Gasteiger charge is 2.32. The van der Waals surface area contributed by atoms with Crippen molar-refractivity contribution in [3.8, 4) is 0 Å². The number of amides is 1. The van der Waals surface area contributed by atoms with Gasteiger partial charge in [0.2, 0.25) is 0 Å². The Hall–Kier alpha value is -2.38. The van der Waals surface area contributed by atoms with Gasteiger partial charge in [-0.05, 0) is 24.6 Å². The Morgan fingerprint density at radius 1 is 1.14 bits per heavy atom. The van der Waals surface area contributed by atoms with Crippen molar-refractivity contribution >= 4 is 5.91 Å². The maximum atomic E-state index is 14.0. The molecule has 28 heavy (non-hydrogen) atoms. The Morgan fingerprint density at radius 2 is 1.79 bits per heavy atom. The van der Waals surface area contributed by atoms with Crippen molar-refractivity contribution in [1.29, 1.82) is 0 Å². The molecule has 0 saturated carbocycles. The molecular formula is C20H25F4N3O. The van der Waals surface area contributed by atoms with Gasteiger partial charge in [-0.2, -0.15) is 18.2 Å². The maximum absolute atomic E-state index is 14.0. The molecule has 0 aliphatic heterocycles. The zero-order chi connectivity index (χ0) is 21.3. The van der Waals surface area contributed by atoms with Gasteiger partial charge in [0, 0.05) is 30.8 Å². The summed E-state index contributed by atoms with van der Waals surface area (Å²) in [5.41, 5.74) is -0.823. The Morgan fingerprint density at radius 3 is 2.32 bits per heavy atom. The van der Waals surface area contributed by atoms with Gasteiger partial charge in [0.15, 0.2) is 5.49 Å². The molecule has 1 aromatic carbocycles. The van der Waals surface area contributed by atoms with Crippen LogP contribution >= 0.6 is 0 Å². The van der Waals surface area contributed by atoms with Crippen LogP contribution in [0.3, 0.4) is 0 Å². The number of hydrogen-bond donors (Lipinski definition) is 0. The number of hydrogen-bond acceptors (Lipinski definition) is 1. The van der Waals surface area contributed by atoms with E-state index in [2.05, 4.69) is 4.99 Å². The molecule has 0 atom stereocenters. The summed E-state index contributed by atoms with van der Waals surface area (Å²) in [5, 5.41) is 0. The third kappa shape index (κ3) is 4.72. The summed E-state index contributed by atoms with van der Waals surface area (Å²) in [6.45, 7) is 8.62. The van der Waals surface area contributed by atoms with E-state index in [4.69, 9.17) is 0 Å². The molecule has 0 bridgehead atoms. The lowest BCUT2D eigenvalue weighted by atomic mass is 9.92. The number of aromatic nitrogens is 2. The summed E-state index contributed by atoms with van der Waals surface area (Å²) in [4.78, 5) is 16.5. The molecule has 4 nitrogen and oxygen atoms in total. The molecule has 0 saturated heterocycles. The van der Waals surface area contributed by atoms with Crippen LogP contribution in [0.5, 0.6) is 0 Å². The van der Waals surface area contributed by atoms with Crippen LogP contribution in [0.2, 0.25) is 0 Å². The van der Waals surface area contributed by atoms with E-state index in [9.17, 15) is 22.4 Å². The number of halogens is 4. The molecule has 1 heterocycles. The molecule has 8 heteroatoms. The van der Waals surface area contributed by atoms with Gasteiger partial charge < -0.3 is 0 Å². The third-order valence-corrected chi connectivity index (χ3v) is 4.47. The van der Waals surface area contributed by atoms with E-state index < -0.39 is 29.0 Å². The van der Waals surface area contributed by atoms with Gasteiger partial charge in [-0.15, -0.1) is 0 Å². The second kappa shape index (κ2) is 7.93. The molecule has 0 fully saturated rings. The number of rotatable bonds is 4. The SMILES string of the molecule is CCCCn1/c(=N/C(=O)c2cc(C(F)(F)F)ccc2F)cc(C(C)(C)C)n1C. The van der Waals surface area contributed by atoms with E-state index in [0.29, 0.717) is 30.2 Å². The number of alkyl halides is 3. The Balaban J connectivity index is 2.60. The molecular weight excluding hydrogens is 374 g/mol. The minimum atomic E-state index is -4.67. The maximum Gasteiger partial charge on any atom is 0.416 e. The average molecular weight is 399 g/mol. The molecule has 1 aromatic heterocycles. The van der Waals surface area contributed by atoms with Crippen LogP contribution < -0.4 is 5.49 Å². The standard InChI is InChI=1S/C20H25F4N3O/c1-6-7-10-27-17(12-16(26(27)5)19(2,3)4)25-18(28)14-11-13(20(22,23)24)8-9-15(14)21/h8-9,11-12H,6-7,10H2,1-5H3/b25-17+. The minimum Gasteiger partial charge on any atom is -0.291 e. The topological polar surface area (TPSA) is 39.3 Å². The predicted octanol–water partition coefficient (Wildman–Crippen LogP) is 4.82. The summed E-state index contributed by atoms with van der Waals surface area (Å²) >= 11 is 0. The monoisotopic (exact) mass is 399 g/mol. The van der Waals surface area contributed by atoms with E-state index >= 15 is 0 Å². The highest BCUT2D eigenvalue weighted by atomic mass is 19.4. The molecule has 0 spiro atoms. The van der Waals surface area contributed by atoms with Gasteiger partial charge in [0.1, 0.15) is 5.82 Å². The summed E-state index contributed by atoms with van der Waals surface area (Å²) in [5.74, 6) is -2.08. The van der Waals surface area contributed by atoms with Crippen LogP contribution in [-0.2, 0) is 25.2 Å². The minimum absolute atomic E-state index is 0.235. The molecule has 0 N–H and O–H groups in total. The average Bonchev–Trinajstić information content (AvgIpc) is 2.88. The number of carbonyl (C=O) groups is 1. The highest BCUT2D eigenvalue weighted by molar-refractivity contribution is 5.95. The molecule has 1 amide bonds. The zero-order valence-electron chi connectivity index (χ0n) is 16.7. The van der Waals surface area contributed by atoms with Crippen molar-refractivity contribution in [2.24, 2.45) is 12.0 Å². The Kier molecular flexibility index (Phi) is 6.21. The van der Waals surface area contributed by atoms with Crippen LogP contribution in [0.1, 0.15) is 62.2 Å². The van der Waals surface area contributed by atoms with Crippen molar-refractivity contribution in [3.05, 3.63) is 52.4 Å². The van der Waals surface area contributed by atoms with Crippen molar-refractivity contribution in [1.82, 2.24) is 9.36 Å². The van der Waals surface area contributed by atoms with Crippen LogP contribution in [0.15, 0.2) is 29.3 Å². The summed E-state index contributed by atoms with van der Waals surface area (Å²) in [6.07, 6.45) is -2.92. The predicted molar refractivity (Wildman–Crippen MR) is 98.3 cm³/mol. The fourth-order valence-corrected chi connectivity index (χ4v) is 2.97. The van der Waals surface area contributed by atoms with Crippen LogP contribution in [0.4, 0.5) is 17.6 Å². The molecule has 2 rings (SSSR count). The summed E-state index contributed by atoms with van der Waals surface area (Å²) in [6, 6.07) is 3.47. The molecule has 0 radical (unpaired) electrons. The number of benzene rings is 1. The Labute approximate surface area is 161 Å². The molecule has 0 aliphatic rings. The molecule has 0 unspecified atom stereocenters. The van der Waals surface area contributed by atoms with Crippen LogP contribution in [0.25, 0.3) is 0 Å². The van der Waals surface area contributed by atoms with Gasteiger partial charge in [0.05, 0.1) is 11.1 Å². The third-order valence-electron chi connectivity index (χ3n) is 4.47. The van der Waals surface area contributed by atoms with E-state index in [1.54, 1.807) is 10.7 Å².